The summed E-state index contributed by atoms with van der Waals surface area (Å²) < 4.78 is 31.0. The zero-order valence-electron chi connectivity index (χ0n) is 20.4. The molecule has 0 radical (unpaired) electrons. The molecule has 0 amide bonds. The van der Waals surface area contributed by atoms with E-state index in [2.05, 4.69) is 34.5 Å². The number of halogens is 2. The second kappa shape index (κ2) is 10.3. The molecule has 0 bridgehead atoms. The lowest BCUT2D eigenvalue weighted by molar-refractivity contribution is 0.137. The first-order valence-corrected chi connectivity index (χ1v) is 11.8. The van der Waals surface area contributed by atoms with Crippen LogP contribution in [0.15, 0.2) is 53.3 Å². The maximum atomic E-state index is 14.1. The number of tetrazole rings is 1. The summed E-state index contributed by atoms with van der Waals surface area (Å²) in [4.78, 5) is 13.2. The van der Waals surface area contributed by atoms with Gasteiger partial charge in [-0.05, 0) is 59.7 Å². The molecule has 0 aliphatic carbocycles. The summed E-state index contributed by atoms with van der Waals surface area (Å²) in [5, 5.41) is 14.1. The number of aromatic nitrogens is 6. The van der Waals surface area contributed by atoms with E-state index in [9.17, 15) is 13.6 Å². The summed E-state index contributed by atoms with van der Waals surface area (Å²) in [6.07, 6.45) is -1.55. The number of alkyl halides is 2. The van der Waals surface area contributed by atoms with Gasteiger partial charge in [0.1, 0.15) is 5.69 Å². The Bertz CT molecular complexity index is 1320. The summed E-state index contributed by atoms with van der Waals surface area (Å²) in [6, 6.07) is 15.2. The van der Waals surface area contributed by atoms with Crippen molar-refractivity contribution in [1.82, 2.24) is 29.8 Å². The van der Waals surface area contributed by atoms with Gasteiger partial charge < -0.3 is 0 Å². The van der Waals surface area contributed by atoms with E-state index in [0.717, 1.165) is 28.7 Å². The van der Waals surface area contributed by atoms with Crippen molar-refractivity contribution in [2.24, 2.45) is 5.92 Å². The van der Waals surface area contributed by atoms with Crippen LogP contribution in [0.25, 0.3) is 22.5 Å². The number of hydrogen-bond donors (Lipinski definition) is 1. The summed E-state index contributed by atoms with van der Waals surface area (Å²) >= 11 is 0. The molecular formula is C26H30F2N6O. The molecule has 9 heteroatoms. The van der Waals surface area contributed by atoms with E-state index in [0.29, 0.717) is 23.9 Å². The molecule has 0 unspecified atom stereocenters. The molecule has 4 aromatic rings. The molecule has 0 spiro atoms. The van der Waals surface area contributed by atoms with Gasteiger partial charge in [0.05, 0.1) is 6.54 Å². The summed E-state index contributed by atoms with van der Waals surface area (Å²) in [6.45, 7) is 7.87. The highest BCUT2D eigenvalue weighted by Gasteiger charge is 2.27. The number of nitrogens with zero attached hydrogens (tertiary/aromatic N) is 5. The summed E-state index contributed by atoms with van der Waals surface area (Å²) in [5.74, 6) is 0.908. The van der Waals surface area contributed by atoms with Crippen LogP contribution in [0.1, 0.15) is 63.5 Å². The van der Waals surface area contributed by atoms with Gasteiger partial charge in [0.25, 0.3) is 6.43 Å². The largest absolute Gasteiger partial charge is 0.329 e. The molecular weight excluding hydrogens is 450 g/mol. The smallest absolute Gasteiger partial charge is 0.291 e. The molecule has 0 saturated heterocycles. The van der Waals surface area contributed by atoms with Crippen LogP contribution in [-0.4, -0.2) is 29.8 Å². The quantitative estimate of drug-likeness (QED) is 0.336. The van der Waals surface area contributed by atoms with E-state index in [4.69, 9.17) is 0 Å². The molecule has 2 aromatic heterocycles. The zero-order chi connectivity index (χ0) is 25.1. The minimum absolute atomic E-state index is 0.156. The zero-order valence-corrected chi connectivity index (χ0v) is 20.4. The lowest BCUT2D eigenvalue weighted by atomic mass is 9.98. The standard InChI is InChI=1S/C26H30F2N6O/c1-16(2)9-14-22-23(24(27)28)34(17(3)4)26(35)33(22)15-18-10-12-19(13-11-18)20-7-5-6-8-21(20)25-29-31-32-30-25/h5-8,10-13,16-17,24H,9,14-15H2,1-4H3,(H,29,30,31,32). The number of hydrogen-bond acceptors (Lipinski definition) is 4. The van der Waals surface area contributed by atoms with E-state index in [1.54, 1.807) is 13.8 Å². The Morgan fingerprint density at radius 2 is 1.66 bits per heavy atom. The molecule has 2 heterocycles. The maximum absolute atomic E-state index is 14.1. The van der Waals surface area contributed by atoms with Gasteiger partial charge in [-0.1, -0.05) is 62.4 Å². The Morgan fingerprint density at radius 1 is 0.971 bits per heavy atom. The monoisotopic (exact) mass is 480 g/mol. The first kappa shape index (κ1) is 24.5. The van der Waals surface area contributed by atoms with Crippen LogP contribution in [0.2, 0.25) is 0 Å². The Morgan fingerprint density at radius 3 is 2.23 bits per heavy atom. The molecule has 7 nitrogen and oxygen atoms in total. The topological polar surface area (TPSA) is 81.4 Å². The third-order valence-corrected chi connectivity index (χ3v) is 6.13. The predicted molar refractivity (Wildman–Crippen MR) is 131 cm³/mol. The van der Waals surface area contributed by atoms with Crippen molar-refractivity contribution in [1.29, 1.82) is 0 Å². The number of aromatic amines is 1. The Kier molecular flexibility index (Phi) is 7.23. The van der Waals surface area contributed by atoms with E-state index in [-0.39, 0.29) is 24.0 Å². The lowest BCUT2D eigenvalue weighted by Crippen LogP contribution is -2.27. The molecule has 0 aliphatic rings. The molecule has 2 aromatic carbocycles. The van der Waals surface area contributed by atoms with Crippen molar-refractivity contribution in [3.8, 4) is 22.5 Å². The average molecular weight is 481 g/mol. The van der Waals surface area contributed by atoms with E-state index in [1.807, 2.05) is 48.5 Å². The van der Waals surface area contributed by atoms with Crippen molar-refractivity contribution in [2.75, 3.05) is 0 Å². The van der Waals surface area contributed by atoms with Gasteiger partial charge in [-0.3, -0.25) is 9.13 Å². The Hall–Kier alpha value is -3.62. The fourth-order valence-corrected chi connectivity index (χ4v) is 4.39. The van der Waals surface area contributed by atoms with Crippen molar-refractivity contribution in [3.63, 3.8) is 0 Å². The van der Waals surface area contributed by atoms with Gasteiger partial charge in [-0.15, -0.1) is 5.10 Å². The van der Waals surface area contributed by atoms with Crippen LogP contribution < -0.4 is 5.69 Å². The number of imidazole rings is 1. The molecule has 0 fully saturated rings. The first-order valence-electron chi connectivity index (χ1n) is 11.8. The first-order chi connectivity index (χ1) is 16.8. The SMILES string of the molecule is CC(C)CCc1c(C(F)F)n(C(C)C)c(=O)n1Cc1ccc(-c2ccccc2-c2nnn[nH]2)cc1. The van der Waals surface area contributed by atoms with Crippen molar-refractivity contribution < 1.29 is 8.78 Å². The average Bonchev–Trinajstić information content (AvgIpc) is 3.45. The predicted octanol–water partition coefficient (Wildman–Crippen LogP) is 5.65. The van der Waals surface area contributed by atoms with Gasteiger partial charge in [-0.25, -0.2) is 18.7 Å². The fraction of sp³-hybridized carbons (Fsp3) is 0.385. The molecule has 35 heavy (non-hydrogen) atoms. The minimum atomic E-state index is -2.71. The molecule has 184 valence electrons. The van der Waals surface area contributed by atoms with Gasteiger partial charge in [0.15, 0.2) is 5.82 Å². The van der Waals surface area contributed by atoms with Crippen molar-refractivity contribution in [2.45, 2.75) is 59.5 Å². The third-order valence-electron chi connectivity index (χ3n) is 6.13. The Labute approximate surface area is 202 Å². The van der Waals surface area contributed by atoms with Gasteiger partial charge >= 0.3 is 5.69 Å². The van der Waals surface area contributed by atoms with Crippen LogP contribution >= 0.6 is 0 Å². The minimum Gasteiger partial charge on any atom is -0.291 e. The van der Waals surface area contributed by atoms with Crippen LogP contribution in [0.5, 0.6) is 0 Å². The van der Waals surface area contributed by atoms with E-state index in [1.165, 1.54) is 9.13 Å². The summed E-state index contributed by atoms with van der Waals surface area (Å²) in [7, 11) is 0. The number of benzene rings is 2. The highest BCUT2D eigenvalue weighted by molar-refractivity contribution is 5.80. The molecule has 0 aliphatic heterocycles. The fourth-order valence-electron chi connectivity index (χ4n) is 4.39. The van der Waals surface area contributed by atoms with E-state index < -0.39 is 6.43 Å². The van der Waals surface area contributed by atoms with Gasteiger partial charge in [0.2, 0.25) is 0 Å². The third kappa shape index (κ3) is 5.08. The van der Waals surface area contributed by atoms with Crippen LogP contribution in [0, 0.1) is 5.92 Å². The molecule has 4 rings (SSSR count). The lowest BCUT2D eigenvalue weighted by Gasteiger charge is -2.13. The van der Waals surface area contributed by atoms with Gasteiger partial charge in [0, 0.05) is 17.3 Å². The number of rotatable bonds is 9. The normalized spacial score (nSPS) is 11.8. The number of H-pyrrole nitrogens is 1. The highest BCUT2D eigenvalue weighted by Crippen LogP contribution is 2.31. The van der Waals surface area contributed by atoms with Crippen molar-refractivity contribution in [3.05, 3.63) is 76.0 Å². The van der Waals surface area contributed by atoms with Gasteiger partial charge in [-0.2, -0.15) is 0 Å². The van der Waals surface area contributed by atoms with Crippen LogP contribution in [0.4, 0.5) is 8.78 Å². The second-order valence-electron chi connectivity index (χ2n) is 9.39. The number of nitrogens with one attached hydrogen (secondary N) is 1. The molecule has 1 N–H and O–H groups in total. The molecule has 0 atom stereocenters. The van der Waals surface area contributed by atoms with Crippen molar-refractivity contribution >= 4 is 0 Å². The maximum Gasteiger partial charge on any atom is 0.329 e. The Balaban J connectivity index is 1.70. The van der Waals surface area contributed by atoms with Crippen LogP contribution in [-0.2, 0) is 13.0 Å². The summed E-state index contributed by atoms with van der Waals surface area (Å²) in [5.41, 5.74) is 3.53. The van der Waals surface area contributed by atoms with Crippen LogP contribution in [0.3, 0.4) is 0 Å². The highest BCUT2D eigenvalue weighted by atomic mass is 19.3. The van der Waals surface area contributed by atoms with E-state index >= 15 is 0 Å². The molecule has 0 saturated carbocycles. The second-order valence-corrected chi connectivity index (χ2v) is 9.39.